The molecule has 1 aliphatic heterocycles. The maximum Gasteiger partial charge on any atom is 0.397 e. The summed E-state index contributed by atoms with van der Waals surface area (Å²) in [5.74, 6) is 0. The Balaban J connectivity index is 3.03. The molecule has 0 aromatic rings. The van der Waals surface area contributed by atoms with E-state index in [-0.39, 0.29) is 6.61 Å². The van der Waals surface area contributed by atoms with E-state index in [0.29, 0.717) is 0 Å². The van der Waals surface area contributed by atoms with Crippen molar-refractivity contribution in [2.75, 3.05) is 13.7 Å². The molecule has 0 spiro atoms. The summed E-state index contributed by atoms with van der Waals surface area (Å²) in [4.78, 5) is 0. The quantitative estimate of drug-likeness (QED) is 0.591. The Morgan fingerprint density at radius 2 is 1.53 bits per heavy atom. The number of hydrogen-bond donors (Lipinski definition) is 2. The second-order valence-electron chi connectivity index (χ2n) is 3.79. The topological polar surface area (TPSA) is 146 Å². The number of rotatable bonds is 5. The van der Waals surface area contributed by atoms with Crippen LogP contribution in [0.25, 0.3) is 0 Å². The lowest BCUT2D eigenvalue weighted by Crippen LogP contribution is -2.56. The molecular formula is C7H14O10S2. The van der Waals surface area contributed by atoms with Gasteiger partial charge >= 0.3 is 20.8 Å². The van der Waals surface area contributed by atoms with E-state index in [0.717, 1.165) is 0 Å². The highest BCUT2D eigenvalue weighted by atomic mass is 32.3. The largest absolute Gasteiger partial charge is 0.397 e. The first-order valence-corrected chi connectivity index (χ1v) is 7.72. The van der Waals surface area contributed by atoms with Gasteiger partial charge in [0.1, 0.15) is 18.3 Å². The molecule has 1 aliphatic rings. The van der Waals surface area contributed by atoms with Gasteiger partial charge in [-0.15, -0.1) is 0 Å². The van der Waals surface area contributed by atoms with Crippen LogP contribution in [0.4, 0.5) is 0 Å². The first kappa shape index (κ1) is 16.7. The lowest BCUT2D eigenvalue weighted by molar-refractivity contribution is -0.174. The molecule has 19 heavy (non-hydrogen) atoms. The second-order valence-corrected chi connectivity index (χ2v) is 5.89. The summed E-state index contributed by atoms with van der Waals surface area (Å²) in [5.41, 5.74) is 0. The predicted molar refractivity (Wildman–Crippen MR) is 59.1 cm³/mol. The van der Waals surface area contributed by atoms with E-state index in [4.69, 9.17) is 18.6 Å². The Morgan fingerprint density at radius 1 is 1.05 bits per heavy atom. The maximum atomic E-state index is 10.7. The van der Waals surface area contributed by atoms with Gasteiger partial charge in [0.25, 0.3) is 0 Å². The summed E-state index contributed by atoms with van der Waals surface area (Å²) in [6, 6.07) is 0. The summed E-state index contributed by atoms with van der Waals surface area (Å²) in [5, 5.41) is 0. The first-order chi connectivity index (χ1) is 8.53. The van der Waals surface area contributed by atoms with Crippen LogP contribution in [0.2, 0.25) is 0 Å². The number of hydrogen-bond acceptors (Lipinski definition) is 8. The third kappa shape index (κ3) is 5.27. The van der Waals surface area contributed by atoms with E-state index in [1.807, 2.05) is 0 Å². The minimum absolute atomic E-state index is 0.108. The third-order valence-electron chi connectivity index (χ3n) is 2.44. The molecule has 0 amide bonds. The smallest absolute Gasteiger partial charge is 0.376 e. The summed E-state index contributed by atoms with van der Waals surface area (Å²) in [6.07, 6.45) is -4.92. The van der Waals surface area contributed by atoms with Gasteiger partial charge in [0.2, 0.25) is 0 Å². The van der Waals surface area contributed by atoms with Gasteiger partial charge in [-0.1, -0.05) is 0 Å². The zero-order valence-corrected chi connectivity index (χ0v) is 11.6. The highest BCUT2D eigenvalue weighted by Crippen LogP contribution is 2.25. The van der Waals surface area contributed by atoms with Gasteiger partial charge in [-0.05, 0) is 6.92 Å². The Bertz CT molecular complexity index is 496. The van der Waals surface area contributed by atoms with E-state index in [9.17, 15) is 16.8 Å². The van der Waals surface area contributed by atoms with E-state index in [1.165, 1.54) is 14.0 Å². The molecule has 0 saturated carbocycles. The molecule has 0 bridgehead atoms. The van der Waals surface area contributed by atoms with E-state index in [2.05, 4.69) is 8.37 Å². The molecule has 1 unspecified atom stereocenters. The molecule has 2 N–H and O–H groups in total. The first-order valence-electron chi connectivity index (χ1n) is 4.99. The fraction of sp³-hybridized carbons (Fsp3) is 1.00. The molecule has 0 aromatic carbocycles. The van der Waals surface area contributed by atoms with Crippen molar-refractivity contribution in [1.82, 2.24) is 0 Å². The average molecular weight is 322 g/mol. The van der Waals surface area contributed by atoms with Crippen molar-refractivity contribution < 1.29 is 43.8 Å². The summed E-state index contributed by atoms with van der Waals surface area (Å²) in [6.45, 7) is 1.27. The van der Waals surface area contributed by atoms with Crippen LogP contribution in [0.3, 0.4) is 0 Å². The molecule has 4 atom stereocenters. The van der Waals surface area contributed by atoms with Crippen LogP contribution in [-0.4, -0.2) is 64.1 Å². The molecular weight excluding hydrogens is 308 g/mol. The van der Waals surface area contributed by atoms with Crippen molar-refractivity contribution in [2.24, 2.45) is 0 Å². The monoisotopic (exact) mass is 322 g/mol. The van der Waals surface area contributed by atoms with Crippen LogP contribution in [0.5, 0.6) is 0 Å². The second kappa shape index (κ2) is 5.97. The van der Waals surface area contributed by atoms with Gasteiger partial charge in [0.05, 0.1) is 12.7 Å². The van der Waals surface area contributed by atoms with Gasteiger partial charge in [0.15, 0.2) is 0 Å². The van der Waals surface area contributed by atoms with Crippen molar-refractivity contribution in [1.29, 1.82) is 0 Å². The molecule has 1 heterocycles. The Kier molecular flexibility index (Phi) is 5.25. The highest BCUT2D eigenvalue weighted by Gasteiger charge is 2.45. The van der Waals surface area contributed by atoms with Crippen LogP contribution >= 0.6 is 0 Å². The summed E-state index contributed by atoms with van der Waals surface area (Å²) in [7, 11) is -8.54. The Hall–Kier alpha value is -0.340. The number of methoxy groups -OCH3 is 1. The van der Waals surface area contributed by atoms with Crippen molar-refractivity contribution in [3.05, 3.63) is 0 Å². The van der Waals surface area contributed by atoms with E-state index >= 15 is 0 Å². The fourth-order valence-corrected chi connectivity index (χ4v) is 2.71. The zero-order chi connectivity index (χ0) is 14.8. The summed E-state index contributed by atoms with van der Waals surface area (Å²) < 4.78 is 78.9. The maximum absolute atomic E-state index is 10.7. The van der Waals surface area contributed by atoms with Crippen LogP contribution in [-0.2, 0) is 38.6 Å². The van der Waals surface area contributed by atoms with Crippen LogP contribution in [0.1, 0.15) is 6.92 Å². The average Bonchev–Trinajstić information content (AvgIpc) is 2.20. The minimum Gasteiger partial charge on any atom is -0.376 e. The molecule has 0 aromatic heterocycles. The summed E-state index contributed by atoms with van der Waals surface area (Å²) >= 11 is 0. The third-order valence-corrected chi connectivity index (χ3v) is 3.38. The minimum atomic E-state index is -4.87. The number of ether oxygens (including phenoxy) is 2. The van der Waals surface area contributed by atoms with Gasteiger partial charge in [0, 0.05) is 7.11 Å². The zero-order valence-electron chi connectivity index (χ0n) is 9.99. The van der Waals surface area contributed by atoms with Gasteiger partial charge in [-0.3, -0.25) is 9.11 Å². The molecule has 10 nitrogen and oxygen atoms in total. The normalized spacial score (nSPS) is 33.3. The molecule has 1 fully saturated rings. The van der Waals surface area contributed by atoms with Gasteiger partial charge in [-0.2, -0.15) is 16.8 Å². The van der Waals surface area contributed by atoms with Crippen LogP contribution in [0.15, 0.2) is 0 Å². The predicted octanol–water partition coefficient (Wildman–Crippen LogP) is -1.20. The van der Waals surface area contributed by atoms with Crippen molar-refractivity contribution in [3.8, 4) is 0 Å². The molecule has 12 heteroatoms. The fourth-order valence-electron chi connectivity index (χ4n) is 1.65. The SMILES string of the molecule is CO[C@@H]1CO[C@@H](C)C(OS(=O)(=O)O)[C@@H]1OS(=O)(=O)O. The van der Waals surface area contributed by atoms with Crippen molar-refractivity contribution >= 4 is 20.8 Å². The molecule has 0 aliphatic carbocycles. The van der Waals surface area contributed by atoms with E-state index in [1.54, 1.807) is 0 Å². The molecule has 0 radical (unpaired) electrons. The van der Waals surface area contributed by atoms with Crippen molar-refractivity contribution in [2.45, 2.75) is 31.3 Å². The van der Waals surface area contributed by atoms with E-state index < -0.39 is 45.2 Å². The van der Waals surface area contributed by atoms with Gasteiger partial charge in [-0.25, -0.2) is 8.37 Å². The molecule has 114 valence electrons. The van der Waals surface area contributed by atoms with Gasteiger partial charge < -0.3 is 9.47 Å². The Labute approximate surface area is 110 Å². The lowest BCUT2D eigenvalue weighted by atomic mass is 10.0. The van der Waals surface area contributed by atoms with Crippen LogP contribution in [0, 0.1) is 0 Å². The molecule has 1 rings (SSSR count). The highest BCUT2D eigenvalue weighted by molar-refractivity contribution is 7.81. The Morgan fingerprint density at radius 3 is 1.95 bits per heavy atom. The van der Waals surface area contributed by atoms with Crippen LogP contribution < -0.4 is 0 Å². The lowest BCUT2D eigenvalue weighted by Gasteiger charge is -2.38. The van der Waals surface area contributed by atoms with Crippen molar-refractivity contribution in [3.63, 3.8) is 0 Å². The standard InChI is InChI=1S/C7H14O10S2/c1-4-6(16-18(8,9)10)7(17-19(11,12)13)5(14-2)3-15-4/h4-7H,3H2,1-2H3,(H,8,9,10)(H,11,12,13)/t4-,5+,6?,7+/m0/s1. The molecule has 1 saturated heterocycles.